The maximum Gasteiger partial charge on any atom is 0.316 e. The number of carbonyl (C=O) groups excluding carboxylic acids is 1. The Bertz CT molecular complexity index is 3440. The lowest BCUT2D eigenvalue weighted by Crippen LogP contribution is -2.52. The van der Waals surface area contributed by atoms with Gasteiger partial charge in [-0.2, -0.15) is 0 Å². The topological polar surface area (TPSA) is 156 Å². The molecule has 0 bridgehead atoms. The molecular formula is C77H86O16. The molecule has 0 spiro atoms. The van der Waals surface area contributed by atoms with Crippen LogP contribution in [0.1, 0.15) is 86.4 Å². The molecule has 0 saturated carbocycles. The molecule has 10 rings (SSSR count). The van der Waals surface area contributed by atoms with Gasteiger partial charge >= 0.3 is 5.97 Å². The second kappa shape index (κ2) is 34.7. The molecule has 0 aromatic heterocycles. The van der Waals surface area contributed by atoms with E-state index in [0.717, 1.165) is 38.9 Å². The largest absolute Gasteiger partial charge is 0.491 e. The summed E-state index contributed by atoms with van der Waals surface area (Å²) < 4.78 is 104. The lowest BCUT2D eigenvalue weighted by atomic mass is 9.97. The monoisotopic (exact) mass is 1270 g/mol. The molecule has 0 radical (unpaired) electrons. The second-order valence-electron chi connectivity index (χ2n) is 23.8. The number of methoxy groups -OCH3 is 1. The van der Waals surface area contributed by atoms with E-state index in [1.54, 1.807) is 20.8 Å². The van der Waals surface area contributed by atoms with Crippen LogP contribution in [0.4, 0.5) is 0 Å². The number of ether oxygens (including phenoxy) is 15. The average Bonchev–Trinajstić information content (AvgIpc) is 0.776. The van der Waals surface area contributed by atoms with Crippen LogP contribution in [0, 0.1) is 5.41 Å². The maximum absolute atomic E-state index is 14.5. The molecule has 0 saturated heterocycles. The maximum atomic E-state index is 14.5. The van der Waals surface area contributed by atoms with Gasteiger partial charge in [0.1, 0.15) is 44.2 Å². The van der Waals surface area contributed by atoms with Crippen molar-refractivity contribution in [2.75, 3.05) is 26.9 Å². The summed E-state index contributed by atoms with van der Waals surface area (Å²) in [5.74, 6) is 0.314. The molecule has 3 unspecified atom stereocenters. The van der Waals surface area contributed by atoms with E-state index in [9.17, 15) is 4.79 Å². The molecule has 0 amide bonds. The molecule has 3 aliphatic rings. The molecule has 3 aliphatic heterocycles. The summed E-state index contributed by atoms with van der Waals surface area (Å²) in [6, 6.07) is 68.8. The quantitative estimate of drug-likeness (QED) is 0.0358. The van der Waals surface area contributed by atoms with E-state index in [1.165, 1.54) is 7.11 Å². The van der Waals surface area contributed by atoms with Crippen LogP contribution < -0.4 is 0 Å². The normalized spacial score (nSPS) is 21.7. The summed E-state index contributed by atoms with van der Waals surface area (Å²) in [4.78, 5) is 14.5. The molecule has 3 heterocycles. The zero-order chi connectivity index (χ0) is 64.6. The van der Waals surface area contributed by atoms with Gasteiger partial charge in [-0.1, -0.05) is 226 Å². The third-order valence-electron chi connectivity index (χ3n) is 15.5. The van der Waals surface area contributed by atoms with Gasteiger partial charge in [0.05, 0.1) is 57.8 Å². The van der Waals surface area contributed by atoms with E-state index in [0.29, 0.717) is 18.6 Å². The minimum Gasteiger partial charge on any atom is -0.491 e. The van der Waals surface area contributed by atoms with Crippen molar-refractivity contribution in [1.82, 2.24) is 0 Å². The SMILES string of the molecule is CCCOC1=C(O[C@H]2OC(COCc3ccccc3)[C@@H](OCc3ccccc3)C(OCc3ccccc3)=C2OCc2ccccc2)[C@H](OC)OC(COCc2ccccc2)[C@H]1O[C@@H]1OC(CC)[C@@H](OCc2ccccc2)C(OCc2ccccc2)=C1OC(=O)C(C)(C)C. The van der Waals surface area contributed by atoms with Crippen molar-refractivity contribution in [1.29, 1.82) is 0 Å². The number of rotatable bonds is 33. The zero-order valence-electron chi connectivity index (χ0n) is 53.9. The predicted octanol–water partition coefficient (Wildman–Crippen LogP) is 14.5. The van der Waals surface area contributed by atoms with E-state index in [4.69, 9.17) is 71.1 Å². The van der Waals surface area contributed by atoms with Crippen LogP contribution in [0.15, 0.2) is 247 Å². The van der Waals surface area contributed by atoms with E-state index in [1.807, 2.05) is 226 Å². The first-order chi connectivity index (χ1) is 45.5. The van der Waals surface area contributed by atoms with E-state index in [-0.39, 0.29) is 94.9 Å². The number of carbonyl (C=O) groups is 1. The van der Waals surface area contributed by atoms with Crippen LogP contribution in [0.3, 0.4) is 0 Å². The Kier molecular flexibility index (Phi) is 25.3. The van der Waals surface area contributed by atoms with Gasteiger partial charge in [0, 0.05) is 7.11 Å². The van der Waals surface area contributed by atoms with E-state index >= 15 is 0 Å². The zero-order valence-corrected chi connectivity index (χ0v) is 53.9. The van der Waals surface area contributed by atoms with E-state index in [2.05, 4.69) is 0 Å². The molecule has 7 aromatic rings. The Labute approximate surface area is 546 Å². The van der Waals surface area contributed by atoms with Crippen LogP contribution in [0.5, 0.6) is 0 Å². The minimum atomic E-state index is -1.46. The van der Waals surface area contributed by atoms with Crippen molar-refractivity contribution in [3.8, 4) is 0 Å². The molecule has 7 aromatic carbocycles. The van der Waals surface area contributed by atoms with Crippen LogP contribution in [0.2, 0.25) is 0 Å². The average molecular weight is 1270 g/mol. The Morgan fingerprint density at radius 2 is 0.742 bits per heavy atom. The standard InChI is InChI=1S/C77H86O16/c1-7-44-82-69-66(91-75-72(93-76(78)77(3,4)5)68(86-50-59-40-26-14-27-41-59)64(61(8-2)88-75)83-47-56-34-20-11-21-35-56)63(53-81-46-55-32-18-10-19-33-55)89-73(79-6)71(69)92-74-70(87-51-60-42-28-15-29-43-60)67(85-49-58-38-24-13-25-39-58)65(84-48-57-36-22-12-23-37-57)62(90-74)52-80-45-54-30-16-9-17-31-54/h9-43,61-66,73-75H,7-8,44-53H2,1-6H3/t61?,62?,63?,64-,65-,66-,73-,74-,75+/m1/s1. The highest BCUT2D eigenvalue weighted by Crippen LogP contribution is 2.42. The predicted molar refractivity (Wildman–Crippen MR) is 348 cm³/mol. The van der Waals surface area contributed by atoms with Crippen LogP contribution >= 0.6 is 0 Å². The van der Waals surface area contributed by atoms with Crippen LogP contribution in [-0.2, 0) is 122 Å². The highest BCUT2D eigenvalue weighted by Gasteiger charge is 2.51. The summed E-state index contributed by atoms with van der Waals surface area (Å²) in [5, 5.41) is 0. The van der Waals surface area contributed by atoms with Crippen molar-refractivity contribution in [2.24, 2.45) is 5.41 Å². The van der Waals surface area contributed by atoms with Crippen molar-refractivity contribution < 1.29 is 75.8 Å². The van der Waals surface area contributed by atoms with Gasteiger partial charge in [0.15, 0.2) is 29.1 Å². The summed E-state index contributed by atoms with van der Waals surface area (Å²) in [7, 11) is 1.51. The lowest BCUT2D eigenvalue weighted by molar-refractivity contribution is -0.283. The third kappa shape index (κ3) is 19.3. The van der Waals surface area contributed by atoms with Gasteiger partial charge in [-0.3, -0.25) is 4.79 Å². The first-order valence-electron chi connectivity index (χ1n) is 32.0. The fraction of sp³-hybridized carbons (Fsp3) is 0.364. The van der Waals surface area contributed by atoms with E-state index < -0.39 is 66.9 Å². The minimum absolute atomic E-state index is 0.0259. The van der Waals surface area contributed by atoms with Gasteiger partial charge in [0.2, 0.25) is 24.1 Å². The van der Waals surface area contributed by atoms with Crippen molar-refractivity contribution in [3.63, 3.8) is 0 Å². The molecule has 0 aliphatic carbocycles. The molecule has 9 atom stereocenters. The Balaban J connectivity index is 1.12. The first kappa shape index (κ1) is 67.8. The fourth-order valence-electron chi connectivity index (χ4n) is 10.6. The Morgan fingerprint density at radius 3 is 1.15 bits per heavy atom. The van der Waals surface area contributed by atoms with Gasteiger partial charge in [-0.15, -0.1) is 0 Å². The molecule has 0 N–H and O–H groups in total. The summed E-state index contributed by atoms with van der Waals surface area (Å²) in [6.07, 6.45) is -8.78. The molecule has 490 valence electrons. The van der Waals surface area contributed by atoms with Crippen LogP contribution in [0.25, 0.3) is 0 Å². The number of benzene rings is 7. The Hall–Kier alpha value is -8.13. The smallest absolute Gasteiger partial charge is 0.316 e. The second-order valence-corrected chi connectivity index (χ2v) is 23.8. The number of esters is 1. The summed E-state index contributed by atoms with van der Waals surface area (Å²) >= 11 is 0. The number of hydrogen-bond acceptors (Lipinski definition) is 16. The summed E-state index contributed by atoms with van der Waals surface area (Å²) in [6.45, 7) is 10.6. The first-order valence-corrected chi connectivity index (χ1v) is 32.0. The molecule has 0 fully saturated rings. The third-order valence-corrected chi connectivity index (χ3v) is 15.5. The highest BCUT2D eigenvalue weighted by molar-refractivity contribution is 5.76. The lowest BCUT2D eigenvalue weighted by Gasteiger charge is -2.43. The number of hydrogen-bond donors (Lipinski definition) is 0. The molecular weight excluding hydrogens is 1180 g/mol. The van der Waals surface area contributed by atoms with Gasteiger partial charge in [-0.05, 0) is 72.6 Å². The highest BCUT2D eigenvalue weighted by atomic mass is 16.8. The van der Waals surface area contributed by atoms with Crippen molar-refractivity contribution >= 4 is 5.97 Å². The molecule has 16 nitrogen and oxygen atoms in total. The van der Waals surface area contributed by atoms with Crippen LogP contribution in [-0.4, -0.2) is 88.4 Å². The van der Waals surface area contributed by atoms with Gasteiger partial charge in [0.25, 0.3) is 6.29 Å². The molecule has 93 heavy (non-hydrogen) atoms. The molecule has 16 heteroatoms. The van der Waals surface area contributed by atoms with Crippen molar-refractivity contribution in [2.45, 2.75) is 149 Å². The Morgan fingerprint density at radius 1 is 0.387 bits per heavy atom. The fourth-order valence-corrected chi connectivity index (χ4v) is 10.6. The van der Waals surface area contributed by atoms with Gasteiger partial charge < -0.3 is 71.1 Å². The van der Waals surface area contributed by atoms with Gasteiger partial charge in [-0.25, -0.2) is 0 Å². The summed E-state index contributed by atoms with van der Waals surface area (Å²) in [5.41, 5.74) is 5.37. The van der Waals surface area contributed by atoms with Crippen molar-refractivity contribution in [3.05, 3.63) is 286 Å².